The van der Waals surface area contributed by atoms with E-state index in [0.29, 0.717) is 34.6 Å². The van der Waals surface area contributed by atoms with Gasteiger partial charge < -0.3 is 5.11 Å². The molecule has 35 heavy (non-hydrogen) atoms. The third kappa shape index (κ3) is 5.92. The van der Waals surface area contributed by atoms with Gasteiger partial charge in [0.05, 0.1) is 4.90 Å². The second-order valence-electron chi connectivity index (χ2n) is 11.2. The molecule has 1 saturated carbocycles. The van der Waals surface area contributed by atoms with Crippen LogP contribution in [0.25, 0.3) is 0 Å². The molecular weight excluding hydrogens is 456 g/mol. The number of phenols is 1. The quantitative estimate of drug-likeness (QED) is 0.490. The largest absolute Gasteiger partial charge is 0.508 e. The lowest BCUT2D eigenvalue weighted by atomic mass is 9.83. The standard InChI is InChI=1S/C29H40N2O3S/c1-21-10-14-29(15-11-21)35(33,34)30-25(16-22-6-3-2-4-7-22)20-31-26-12-13-27(31)18-24(17-26)23-8-5-9-28(32)19-23/h5,8-11,14-15,19,22,24-27,30,32H,2-4,6-7,12-13,16-18,20H2,1H3/t25?,26-,27-/m1/s1. The molecule has 3 fully saturated rings. The minimum atomic E-state index is -3.56. The normalized spacial score (nSPS) is 26.6. The first-order chi connectivity index (χ1) is 16.9. The summed E-state index contributed by atoms with van der Waals surface area (Å²) < 4.78 is 29.8. The molecule has 2 aromatic rings. The maximum atomic E-state index is 13.3. The number of phenolic OH excluding ortho intramolecular Hbond substituents is 1. The molecule has 0 amide bonds. The lowest BCUT2D eigenvalue weighted by molar-refractivity contribution is 0.110. The molecule has 3 aliphatic rings. The summed E-state index contributed by atoms with van der Waals surface area (Å²) in [7, 11) is -3.56. The predicted molar refractivity (Wildman–Crippen MR) is 140 cm³/mol. The molecule has 5 nitrogen and oxygen atoms in total. The van der Waals surface area contributed by atoms with Crippen molar-refractivity contribution in [2.75, 3.05) is 6.54 Å². The highest BCUT2D eigenvalue weighted by Gasteiger charge is 2.42. The summed E-state index contributed by atoms with van der Waals surface area (Å²) >= 11 is 0. The van der Waals surface area contributed by atoms with Gasteiger partial charge in [0.1, 0.15) is 5.75 Å². The maximum Gasteiger partial charge on any atom is 0.240 e. The highest BCUT2D eigenvalue weighted by Crippen LogP contribution is 2.44. The van der Waals surface area contributed by atoms with Crippen molar-refractivity contribution in [2.24, 2.45) is 5.92 Å². The van der Waals surface area contributed by atoms with Crippen molar-refractivity contribution in [1.82, 2.24) is 9.62 Å². The van der Waals surface area contributed by atoms with Gasteiger partial charge in [0.2, 0.25) is 10.0 Å². The van der Waals surface area contributed by atoms with Crippen LogP contribution in [0.3, 0.4) is 0 Å². The smallest absolute Gasteiger partial charge is 0.240 e. The molecule has 2 heterocycles. The van der Waals surface area contributed by atoms with Gasteiger partial charge in [-0.3, -0.25) is 4.90 Å². The fraction of sp³-hybridized carbons (Fsp3) is 0.586. The van der Waals surface area contributed by atoms with Crippen LogP contribution in [-0.4, -0.2) is 43.1 Å². The zero-order valence-corrected chi connectivity index (χ0v) is 21.7. The summed E-state index contributed by atoms with van der Waals surface area (Å²) in [5, 5.41) is 9.96. The number of hydrogen-bond acceptors (Lipinski definition) is 4. The summed E-state index contributed by atoms with van der Waals surface area (Å²) in [6.45, 7) is 2.77. The van der Waals surface area contributed by atoms with Crippen molar-refractivity contribution in [3.8, 4) is 5.75 Å². The topological polar surface area (TPSA) is 69.6 Å². The molecule has 1 unspecified atom stereocenters. The van der Waals surface area contributed by atoms with Gasteiger partial charge in [-0.2, -0.15) is 0 Å². The van der Waals surface area contributed by atoms with E-state index >= 15 is 0 Å². The Labute approximate surface area is 211 Å². The number of sulfonamides is 1. The number of fused-ring (bicyclic) bond motifs is 2. The van der Waals surface area contributed by atoms with Gasteiger partial charge in [-0.15, -0.1) is 0 Å². The number of rotatable bonds is 8. The van der Waals surface area contributed by atoms with Gasteiger partial charge in [-0.05, 0) is 80.7 Å². The molecule has 2 aromatic carbocycles. The molecule has 2 saturated heterocycles. The number of piperidine rings is 1. The molecule has 2 aliphatic heterocycles. The average Bonchev–Trinajstić information content (AvgIpc) is 3.06. The van der Waals surface area contributed by atoms with Crippen LogP contribution in [0, 0.1) is 12.8 Å². The van der Waals surface area contributed by atoms with E-state index in [1.165, 1.54) is 50.5 Å². The zero-order valence-electron chi connectivity index (χ0n) is 20.9. The molecule has 190 valence electrons. The van der Waals surface area contributed by atoms with E-state index in [9.17, 15) is 13.5 Å². The van der Waals surface area contributed by atoms with Gasteiger partial charge >= 0.3 is 0 Å². The van der Waals surface area contributed by atoms with Crippen LogP contribution < -0.4 is 4.72 Å². The van der Waals surface area contributed by atoms with E-state index < -0.39 is 10.0 Å². The lowest BCUT2D eigenvalue weighted by Crippen LogP contribution is -2.51. The van der Waals surface area contributed by atoms with Crippen molar-refractivity contribution in [3.63, 3.8) is 0 Å². The summed E-state index contributed by atoms with van der Waals surface area (Å²) in [6.07, 6.45) is 11.7. The molecule has 2 bridgehead atoms. The lowest BCUT2D eigenvalue weighted by Gasteiger charge is -2.41. The first-order valence-corrected chi connectivity index (χ1v) is 15.0. The molecule has 0 radical (unpaired) electrons. The predicted octanol–water partition coefficient (Wildman–Crippen LogP) is 5.73. The fourth-order valence-corrected chi connectivity index (χ4v) is 8.11. The van der Waals surface area contributed by atoms with Crippen LogP contribution in [-0.2, 0) is 10.0 Å². The summed E-state index contributed by atoms with van der Waals surface area (Å²) in [6, 6.07) is 15.8. The van der Waals surface area contributed by atoms with Crippen LogP contribution in [0.2, 0.25) is 0 Å². The molecule has 6 heteroatoms. The Hall–Kier alpha value is -1.89. The average molecular weight is 497 g/mol. The minimum absolute atomic E-state index is 0.0650. The van der Waals surface area contributed by atoms with Crippen molar-refractivity contribution in [3.05, 3.63) is 59.7 Å². The third-order valence-corrected chi connectivity index (χ3v) is 10.2. The van der Waals surface area contributed by atoms with E-state index in [0.717, 1.165) is 31.4 Å². The van der Waals surface area contributed by atoms with Gasteiger partial charge in [-0.25, -0.2) is 13.1 Å². The van der Waals surface area contributed by atoms with Crippen molar-refractivity contribution in [1.29, 1.82) is 0 Å². The Morgan fingerprint density at radius 1 is 0.971 bits per heavy atom. The SMILES string of the molecule is Cc1ccc(S(=O)(=O)NC(CC2CCCCC2)CN2[C@@H]3CC[C@@H]2CC(c2cccc(O)c2)C3)cc1. The Kier molecular flexibility index (Phi) is 7.52. The van der Waals surface area contributed by atoms with E-state index in [4.69, 9.17) is 0 Å². The first kappa shape index (κ1) is 24.8. The van der Waals surface area contributed by atoms with Crippen LogP contribution in [0.1, 0.15) is 81.3 Å². The minimum Gasteiger partial charge on any atom is -0.508 e. The van der Waals surface area contributed by atoms with E-state index in [1.807, 2.05) is 31.2 Å². The molecular formula is C29H40N2O3S. The van der Waals surface area contributed by atoms with Crippen LogP contribution in [0.5, 0.6) is 5.75 Å². The van der Waals surface area contributed by atoms with Gasteiger partial charge in [0.15, 0.2) is 0 Å². The van der Waals surface area contributed by atoms with Crippen LogP contribution >= 0.6 is 0 Å². The third-order valence-electron chi connectivity index (χ3n) is 8.65. The molecule has 5 rings (SSSR count). The Bertz CT molecular complexity index is 1080. The fourth-order valence-electron chi connectivity index (χ4n) is 6.87. The summed E-state index contributed by atoms with van der Waals surface area (Å²) in [4.78, 5) is 2.98. The van der Waals surface area contributed by atoms with E-state index in [1.54, 1.807) is 18.2 Å². The molecule has 0 spiro atoms. The Morgan fingerprint density at radius 3 is 2.31 bits per heavy atom. The Morgan fingerprint density at radius 2 is 1.66 bits per heavy atom. The monoisotopic (exact) mass is 496 g/mol. The number of nitrogens with one attached hydrogen (secondary N) is 1. The van der Waals surface area contributed by atoms with E-state index in [2.05, 4.69) is 15.7 Å². The highest BCUT2D eigenvalue weighted by molar-refractivity contribution is 7.89. The summed E-state index contributed by atoms with van der Waals surface area (Å²) in [5.41, 5.74) is 2.30. The summed E-state index contributed by atoms with van der Waals surface area (Å²) in [5.74, 6) is 1.42. The Balaban J connectivity index is 1.31. The van der Waals surface area contributed by atoms with E-state index in [-0.39, 0.29) is 6.04 Å². The highest BCUT2D eigenvalue weighted by atomic mass is 32.2. The molecule has 0 aromatic heterocycles. The second-order valence-corrected chi connectivity index (χ2v) is 12.9. The van der Waals surface area contributed by atoms with Crippen molar-refractivity contribution >= 4 is 10.0 Å². The molecule has 2 N–H and O–H groups in total. The number of hydrogen-bond donors (Lipinski definition) is 2. The van der Waals surface area contributed by atoms with Crippen molar-refractivity contribution < 1.29 is 13.5 Å². The molecule has 1 aliphatic carbocycles. The maximum absolute atomic E-state index is 13.3. The molecule has 3 atom stereocenters. The van der Waals surface area contributed by atoms with Gasteiger partial charge in [0.25, 0.3) is 0 Å². The van der Waals surface area contributed by atoms with Crippen LogP contribution in [0.15, 0.2) is 53.4 Å². The number of aromatic hydroxyl groups is 1. The second kappa shape index (κ2) is 10.6. The van der Waals surface area contributed by atoms with Gasteiger partial charge in [0, 0.05) is 24.7 Å². The van der Waals surface area contributed by atoms with Crippen molar-refractivity contribution in [2.45, 2.75) is 100 Å². The number of aryl methyl sites for hydroxylation is 1. The van der Waals surface area contributed by atoms with Gasteiger partial charge in [-0.1, -0.05) is 61.9 Å². The number of nitrogens with zero attached hydrogens (tertiary/aromatic N) is 1. The number of benzene rings is 2. The van der Waals surface area contributed by atoms with Crippen LogP contribution in [0.4, 0.5) is 0 Å². The first-order valence-electron chi connectivity index (χ1n) is 13.5. The zero-order chi connectivity index (χ0) is 24.4.